The first-order valence-corrected chi connectivity index (χ1v) is 8.98. The summed E-state index contributed by atoms with van der Waals surface area (Å²) in [7, 11) is 0. The number of thioether (sulfide) groups is 1. The number of halogens is 1. The number of hydrogen-bond acceptors (Lipinski definition) is 5. The van der Waals surface area contributed by atoms with Crippen molar-refractivity contribution in [2.45, 2.75) is 5.75 Å². The number of pyridine rings is 1. The number of nitrogens with two attached hydrogens (primary N) is 2. The van der Waals surface area contributed by atoms with E-state index in [9.17, 15) is 4.79 Å². The fourth-order valence-corrected chi connectivity index (χ4v) is 3.77. The normalized spacial score (nSPS) is 14.0. The van der Waals surface area contributed by atoms with Crippen LogP contribution in [0.15, 0.2) is 65.3 Å². The number of nitrogen functional groups attached to an aromatic ring is 1. The number of nitrogens with zero attached hydrogens (tertiary/aromatic N) is 2. The zero-order valence-corrected chi connectivity index (χ0v) is 14.9. The maximum atomic E-state index is 11.9. The highest BCUT2D eigenvalue weighted by molar-refractivity contribution is 8.02. The Balaban J connectivity index is 1.91. The second kappa shape index (κ2) is 7.63. The Morgan fingerprint density at radius 2 is 2.04 bits per heavy atom. The molecule has 0 bridgehead atoms. The van der Waals surface area contributed by atoms with Crippen LogP contribution in [0.5, 0.6) is 0 Å². The summed E-state index contributed by atoms with van der Waals surface area (Å²) >= 11 is 7.52. The molecule has 3 rings (SSSR count). The van der Waals surface area contributed by atoms with Crippen molar-refractivity contribution in [3.63, 3.8) is 0 Å². The van der Waals surface area contributed by atoms with E-state index in [2.05, 4.69) is 4.98 Å². The summed E-state index contributed by atoms with van der Waals surface area (Å²) in [5.41, 5.74) is 13.8. The Hall–Kier alpha value is -2.44. The van der Waals surface area contributed by atoms with Crippen LogP contribution in [-0.4, -0.2) is 17.4 Å². The number of aromatic nitrogens is 1. The minimum absolute atomic E-state index is 0.452. The Kier molecular flexibility index (Phi) is 5.31. The van der Waals surface area contributed by atoms with Crippen LogP contribution in [0, 0.1) is 0 Å². The molecule has 128 valence electrons. The molecule has 0 fully saturated rings. The van der Waals surface area contributed by atoms with E-state index in [1.165, 1.54) is 11.8 Å². The van der Waals surface area contributed by atoms with Gasteiger partial charge in [0.2, 0.25) is 0 Å². The highest BCUT2D eigenvalue weighted by Crippen LogP contribution is 2.34. The van der Waals surface area contributed by atoms with Crippen LogP contribution in [-0.2, 0) is 10.5 Å². The smallest absolute Gasteiger partial charge is 0.251 e. The molecule has 2 aromatic rings. The molecule has 0 radical (unpaired) electrons. The van der Waals surface area contributed by atoms with E-state index in [1.54, 1.807) is 12.3 Å². The van der Waals surface area contributed by atoms with Crippen molar-refractivity contribution in [1.82, 2.24) is 4.98 Å². The molecule has 1 aromatic heterocycles. The predicted molar refractivity (Wildman–Crippen MR) is 104 cm³/mol. The van der Waals surface area contributed by atoms with Crippen LogP contribution in [0.4, 0.5) is 11.5 Å². The third-order valence-electron chi connectivity index (χ3n) is 3.67. The zero-order valence-electron chi connectivity index (χ0n) is 13.4. The van der Waals surface area contributed by atoms with Gasteiger partial charge in [-0.15, -0.1) is 11.8 Å². The monoisotopic (exact) mass is 372 g/mol. The summed E-state index contributed by atoms with van der Waals surface area (Å²) in [6, 6.07) is 11.2. The Labute approximate surface area is 155 Å². The maximum Gasteiger partial charge on any atom is 0.251 e. The van der Waals surface area contributed by atoms with E-state index in [-0.39, 0.29) is 0 Å². The first-order valence-electron chi connectivity index (χ1n) is 7.61. The van der Waals surface area contributed by atoms with Crippen molar-refractivity contribution >= 4 is 40.8 Å². The van der Waals surface area contributed by atoms with Crippen molar-refractivity contribution in [3.05, 3.63) is 75.9 Å². The lowest BCUT2D eigenvalue weighted by molar-refractivity contribution is -0.114. The highest BCUT2D eigenvalue weighted by atomic mass is 35.5. The lowest BCUT2D eigenvalue weighted by Gasteiger charge is -2.30. The van der Waals surface area contributed by atoms with Gasteiger partial charge in [-0.3, -0.25) is 4.79 Å². The van der Waals surface area contributed by atoms with Crippen molar-refractivity contribution in [3.8, 4) is 0 Å². The van der Waals surface area contributed by atoms with Crippen molar-refractivity contribution in [1.29, 1.82) is 0 Å². The Morgan fingerprint density at radius 3 is 2.72 bits per heavy atom. The molecule has 1 amide bonds. The number of primary amides is 1. The van der Waals surface area contributed by atoms with Gasteiger partial charge in [0.15, 0.2) is 0 Å². The van der Waals surface area contributed by atoms with Crippen molar-refractivity contribution in [2.24, 2.45) is 5.73 Å². The van der Waals surface area contributed by atoms with Gasteiger partial charge in [0.05, 0.1) is 10.6 Å². The summed E-state index contributed by atoms with van der Waals surface area (Å²) in [5.74, 6) is 0.670. The fraction of sp³-hybridized carbons (Fsp3) is 0.111. The molecule has 1 aliphatic heterocycles. The molecule has 0 saturated heterocycles. The van der Waals surface area contributed by atoms with Gasteiger partial charge in [-0.1, -0.05) is 17.7 Å². The standard InChI is InChI=1S/C18H17ClN4OS/c19-13-3-5-14(6-4-13)23-9-1-2-15(17(21)24)18(23)25-11-12-7-8-22-16(20)10-12/h1-8,10H,9,11H2,(H2,20,22)(H2,21,24). The highest BCUT2D eigenvalue weighted by Gasteiger charge is 2.22. The molecule has 0 atom stereocenters. The molecule has 1 aliphatic rings. The Bertz CT molecular complexity index is 848. The second-order valence-corrected chi connectivity index (χ2v) is 6.85. The molecule has 0 saturated carbocycles. The van der Waals surface area contributed by atoms with Gasteiger partial charge in [-0.2, -0.15) is 0 Å². The summed E-state index contributed by atoms with van der Waals surface area (Å²) in [6.45, 7) is 0.652. The van der Waals surface area contributed by atoms with Crippen LogP contribution in [0.3, 0.4) is 0 Å². The summed E-state index contributed by atoms with van der Waals surface area (Å²) in [4.78, 5) is 17.9. The van der Waals surface area contributed by atoms with Crippen molar-refractivity contribution < 1.29 is 4.79 Å². The van der Waals surface area contributed by atoms with Crippen LogP contribution >= 0.6 is 23.4 Å². The minimum Gasteiger partial charge on any atom is -0.384 e. The molecule has 25 heavy (non-hydrogen) atoms. The molecule has 0 unspecified atom stereocenters. The summed E-state index contributed by atoms with van der Waals surface area (Å²) in [5, 5.41) is 1.48. The number of amides is 1. The van der Waals surface area contributed by atoms with Gasteiger partial charge in [0.25, 0.3) is 5.91 Å². The topological polar surface area (TPSA) is 85.2 Å². The van der Waals surface area contributed by atoms with Crippen LogP contribution < -0.4 is 16.4 Å². The summed E-state index contributed by atoms with van der Waals surface area (Å²) in [6.07, 6.45) is 5.37. The number of anilines is 2. The number of rotatable bonds is 5. The van der Waals surface area contributed by atoms with Gasteiger partial charge in [0.1, 0.15) is 5.82 Å². The first kappa shape index (κ1) is 17.4. The first-order chi connectivity index (χ1) is 12.0. The third-order valence-corrected chi connectivity index (χ3v) is 5.12. The molecule has 2 heterocycles. The third kappa shape index (κ3) is 4.15. The van der Waals surface area contributed by atoms with Gasteiger partial charge in [-0.25, -0.2) is 4.98 Å². The molecule has 7 heteroatoms. The van der Waals surface area contributed by atoms with Gasteiger partial charge < -0.3 is 16.4 Å². The number of hydrogen-bond donors (Lipinski definition) is 2. The summed E-state index contributed by atoms with van der Waals surface area (Å²) < 4.78 is 0. The molecular formula is C18H17ClN4OS. The van der Waals surface area contributed by atoms with Crippen molar-refractivity contribution in [2.75, 3.05) is 17.2 Å². The van der Waals surface area contributed by atoms with E-state index >= 15 is 0 Å². The second-order valence-electron chi connectivity index (χ2n) is 5.45. The lowest BCUT2D eigenvalue weighted by Crippen LogP contribution is -2.28. The fourth-order valence-electron chi connectivity index (χ4n) is 2.50. The van der Waals surface area contributed by atoms with Crippen LogP contribution in [0.1, 0.15) is 5.56 Å². The molecule has 0 aliphatic carbocycles. The Morgan fingerprint density at radius 1 is 1.28 bits per heavy atom. The van der Waals surface area contributed by atoms with Crippen LogP contribution in [0.25, 0.3) is 0 Å². The average Bonchev–Trinajstić information content (AvgIpc) is 2.60. The minimum atomic E-state index is -0.452. The van der Waals surface area contributed by atoms with Crippen LogP contribution in [0.2, 0.25) is 5.02 Å². The quantitative estimate of drug-likeness (QED) is 0.840. The molecule has 0 spiro atoms. The average molecular weight is 373 g/mol. The van der Waals surface area contributed by atoms with E-state index in [0.717, 1.165) is 16.3 Å². The number of carbonyl (C=O) groups excluding carboxylic acids is 1. The van der Waals surface area contributed by atoms with Gasteiger partial charge in [0, 0.05) is 29.2 Å². The largest absolute Gasteiger partial charge is 0.384 e. The number of benzene rings is 1. The number of carbonyl (C=O) groups is 1. The van der Waals surface area contributed by atoms with E-state index in [0.29, 0.717) is 28.7 Å². The molecule has 1 aromatic carbocycles. The SMILES string of the molecule is NC(=O)C1=C(SCc2ccnc(N)c2)N(c2ccc(Cl)cc2)CC=C1. The van der Waals surface area contributed by atoms with E-state index < -0.39 is 5.91 Å². The molecular weight excluding hydrogens is 356 g/mol. The predicted octanol–water partition coefficient (Wildman–Crippen LogP) is 3.32. The zero-order chi connectivity index (χ0) is 17.8. The molecule has 4 N–H and O–H groups in total. The molecule has 5 nitrogen and oxygen atoms in total. The maximum absolute atomic E-state index is 11.9. The lowest BCUT2D eigenvalue weighted by atomic mass is 10.1. The van der Waals surface area contributed by atoms with E-state index in [1.807, 2.05) is 47.4 Å². The van der Waals surface area contributed by atoms with Gasteiger partial charge >= 0.3 is 0 Å². The van der Waals surface area contributed by atoms with Gasteiger partial charge in [-0.05, 0) is 48.0 Å². The van der Waals surface area contributed by atoms with E-state index in [4.69, 9.17) is 23.1 Å².